The quantitative estimate of drug-likeness (QED) is 0.415. The molecule has 0 aromatic rings. The molecule has 0 saturated carbocycles. The minimum atomic E-state index is -1.09. The van der Waals surface area contributed by atoms with Crippen LogP contribution in [-0.4, -0.2) is 34.2 Å². The zero-order valence-electron chi connectivity index (χ0n) is 7.59. The number of carboxylic acid groups (broad SMARTS) is 2. The average Bonchev–Trinajstić information content (AvgIpc) is 2.11. The molecule has 6 N–H and O–H groups in total. The lowest BCUT2D eigenvalue weighted by atomic mass is 10.1. The first-order valence-corrected chi connectivity index (χ1v) is 4.07. The summed E-state index contributed by atoms with van der Waals surface area (Å²) in [5.41, 5.74) is 10.4. The van der Waals surface area contributed by atoms with Gasteiger partial charge in [-0.15, -0.1) is 0 Å². The third-order valence-corrected chi connectivity index (χ3v) is 1.58. The molecular formula is C8H14N2O4. The third kappa shape index (κ3) is 5.28. The van der Waals surface area contributed by atoms with E-state index in [1.807, 2.05) is 0 Å². The maximum atomic E-state index is 10.3. The molecule has 6 nitrogen and oxygen atoms in total. The number of carboxylic acids is 2. The fraction of sp³-hybridized carbons (Fsp3) is 0.500. The molecule has 0 spiro atoms. The van der Waals surface area contributed by atoms with Crippen LogP contribution in [-0.2, 0) is 9.59 Å². The fourth-order valence-electron chi connectivity index (χ4n) is 0.687. The Hall–Kier alpha value is -1.40. The summed E-state index contributed by atoms with van der Waals surface area (Å²) in [5.74, 6) is -2.17. The topological polar surface area (TPSA) is 127 Å². The van der Waals surface area contributed by atoms with Gasteiger partial charge in [0.25, 0.3) is 0 Å². The van der Waals surface area contributed by atoms with Crippen molar-refractivity contribution in [3.8, 4) is 0 Å². The van der Waals surface area contributed by atoms with Gasteiger partial charge in [-0.2, -0.15) is 0 Å². The van der Waals surface area contributed by atoms with E-state index in [0.717, 1.165) is 0 Å². The highest BCUT2D eigenvalue weighted by Gasteiger charge is 2.10. The second-order valence-electron chi connectivity index (χ2n) is 2.83. The number of carbonyl (C=O) groups is 2. The molecule has 0 radical (unpaired) electrons. The van der Waals surface area contributed by atoms with Crippen LogP contribution in [0.4, 0.5) is 0 Å². The smallest absolute Gasteiger partial charge is 0.320 e. The Morgan fingerprint density at radius 2 is 1.29 bits per heavy atom. The maximum Gasteiger partial charge on any atom is 0.320 e. The molecule has 80 valence electrons. The summed E-state index contributed by atoms with van der Waals surface area (Å²) in [5, 5.41) is 16.8. The first-order chi connectivity index (χ1) is 6.45. The van der Waals surface area contributed by atoms with Crippen LogP contribution in [0.1, 0.15) is 12.8 Å². The average molecular weight is 202 g/mol. The van der Waals surface area contributed by atoms with Crippen molar-refractivity contribution in [2.24, 2.45) is 11.5 Å². The highest BCUT2D eigenvalue weighted by molar-refractivity contribution is 5.73. The Morgan fingerprint density at radius 1 is 1.00 bits per heavy atom. The molecule has 0 aromatic heterocycles. The molecule has 0 bridgehead atoms. The number of rotatable bonds is 6. The standard InChI is InChI=1S/C8H14N2O4/c9-5(7(11)12)3-1-2-4-6(10)8(13)14/h1-2,5-6H,3-4,9-10H2,(H,11,12)(H,13,14)/b2-1-. The van der Waals surface area contributed by atoms with Crippen molar-refractivity contribution in [2.75, 3.05) is 0 Å². The van der Waals surface area contributed by atoms with Crippen molar-refractivity contribution in [3.05, 3.63) is 12.2 Å². The van der Waals surface area contributed by atoms with Crippen LogP contribution in [0.15, 0.2) is 12.2 Å². The summed E-state index contributed by atoms with van der Waals surface area (Å²) in [4.78, 5) is 20.5. The van der Waals surface area contributed by atoms with Crippen LogP contribution in [0, 0.1) is 0 Å². The van der Waals surface area contributed by atoms with Crippen molar-refractivity contribution in [3.63, 3.8) is 0 Å². The molecule has 0 rings (SSSR count). The minimum absolute atomic E-state index is 0.168. The summed E-state index contributed by atoms with van der Waals surface area (Å²) in [6, 6.07) is -1.90. The van der Waals surface area contributed by atoms with E-state index in [1.54, 1.807) is 0 Å². The predicted octanol–water partition coefficient (Wildman–Crippen LogP) is -0.853. The van der Waals surface area contributed by atoms with Crippen molar-refractivity contribution < 1.29 is 19.8 Å². The monoisotopic (exact) mass is 202 g/mol. The largest absolute Gasteiger partial charge is 0.480 e. The summed E-state index contributed by atoms with van der Waals surface area (Å²) in [6.45, 7) is 0. The van der Waals surface area contributed by atoms with Gasteiger partial charge in [0, 0.05) is 0 Å². The summed E-state index contributed by atoms with van der Waals surface area (Å²) >= 11 is 0. The summed E-state index contributed by atoms with van der Waals surface area (Å²) < 4.78 is 0. The Labute approximate surface area is 81.2 Å². The SMILES string of the molecule is NC(C/C=C\CC(N)C(=O)O)C(=O)O. The Bertz CT molecular complexity index is 215. The predicted molar refractivity (Wildman–Crippen MR) is 49.6 cm³/mol. The van der Waals surface area contributed by atoms with E-state index < -0.39 is 24.0 Å². The van der Waals surface area contributed by atoms with Crippen molar-refractivity contribution in [1.29, 1.82) is 0 Å². The first-order valence-electron chi connectivity index (χ1n) is 4.07. The van der Waals surface area contributed by atoms with Gasteiger partial charge in [0.1, 0.15) is 12.1 Å². The van der Waals surface area contributed by atoms with Gasteiger partial charge in [0.05, 0.1) is 0 Å². The molecule has 0 fully saturated rings. The van der Waals surface area contributed by atoms with Crippen molar-refractivity contribution in [1.82, 2.24) is 0 Å². The second-order valence-corrected chi connectivity index (χ2v) is 2.83. The molecule has 2 unspecified atom stereocenters. The normalized spacial score (nSPS) is 15.3. The van der Waals surface area contributed by atoms with E-state index in [0.29, 0.717) is 0 Å². The molecule has 0 heterocycles. The lowest BCUT2D eigenvalue weighted by molar-refractivity contribution is -0.139. The van der Waals surface area contributed by atoms with Gasteiger partial charge in [-0.25, -0.2) is 0 Å². The molecule has 0 aliphatic heterocycles. The molecule has 2 atom stereocenters. The molecule has 0 aromatic carbocycles. The highest BCUT2D eigenvalue weighted by Crippen LogP contribution is 1.95. The van der Waals surface area contributed by atoms with Crippen LogP contribution in [0.3, 0.4) is 0 Å². The van der Waals surface area contributed by atoms with Gasteiger partial charge >= 0.3 is 11.9 Å². The van der Waals surface area contributed by atoms with Crippen molar-refractivity contribution in [2.45, 2.75) is 24.9 Å². The van der Waals surface area contributed by atoms with Crippen LogP contribution in [0.2, 0.25) is 0 Å². The molecular weight excluding hydrogens is 188 g/mol. The molecule has 0 aliphatic rings. The van der Waals surface area contributed by atoms with E-state index in [-0.39, 0.29) is 12.8 Å². The summed E-state index contributed by atoms with van der Waals surface area (Å²) in [6.07, 6.45) is 3.37. The van der Waals surface area contributed by atoms with E-state index in [2.05, 4.69) is 0 Å². The fourth-order valence-corrected chi connectivity index (χ4v) is 0.687. The van der Waals surface area contributed by atoms with Crippen molar-refractivity contribution >= 4 is 11.9 Å². The zero-order valence-corrected chi connectivity index (χ0v) is 7.59. The molecule has 14 heavy (non-hydrogen) atoms. The summed E-state index contributed by atoms with van der Waals surface area (Å²) in [7, 11) is 0. The number of nitrogens with two attached hydrogens (primary N) is 2. The molecule has 6 heteroatoms. The van der Waals surface area contributed by atoms with Gasteiger partial charge in [0.15, 0.2) is 0 Å². The lowest BCUT2D eigenvalue weighted by Crippen LogP contribution is -2.30. The molecule has 0 aliphatic carbocycles. The second kappa shape index (κ2) is 6.11. The number of hydrogen-bond donors (Lipinski definition) is 4. The first kappa shape index (κ1) is 12.6. The van der Waals surface area contributed by atoms with E-state index >= 15 is 0 Å². The maximum absolute atomic E-state index is 10.3. The van der Waals surface area contributed by atoms with Gasteiger partial charge in [-0.05, 0) is 12.8 Å². The number of hydrogen-bond acceptors (Lipinski definition) is 4. The highest BCUT2D eigenvalue weighted by atomic mass is 16.4. The Morgan fingerprint density at radius 3 is 1.50 bits per heavy atom. The lowest BCUT2D eigenvalue weighted by Gasteiger charge is -2.02. The van der Waals surface area contributed by atoms with E-state index in [4.69, 9.17) is 21.7 Å². The zero-order chi connectivity index (χ0) is 11.1. The van der Waals surface area contributed by atoms with Gasteiger partial charge in [-0.3, -0.25) is 9.59 Å². The minimum Gasteiger partial charge on any atom is -0.480 e. The Kier molecular flexibility index (Phi) is 5.50. The van der Waals surface area contributed by atoms with Crippen LogP contribution < -0.4 is 11.5 Å². The Balaban J connectivity index is 3.74. The van der Waals surface area contributed by atoms with E-state index in [1.165, 1.54) is 12.2 Å². The van der Waals surface area contributed by atoms with Crippen LogP contribution in [0.25, 0.3) is 0 Å². The molecule has 0 amide bonds. The van der Waals surface area contributed by atoms with Gasteiger partial charge in [0.2, 0.25) is 0 Å². The number of aliphatic carboxylic acids is 2. The third-order valence-electron chi connectivity index (χ3n) is 1.58. The van der Waals surface area contributed by atoms with Gasteiger partial charge < -0.3 is 21.7 Å². The van der Waals surface area contributed by atoms with Gasteiger partial charge in [-0.1, -0.05) is 12.2 Å². The van der Waals surface area contributed by atoms with E-state index in [9.17, 15) is 9.59 Å². The van der Waals surface area contributed by atoms with Crippen LogP contribution in [0.5, 0.6) is 0 Å². The van der Waals surface area contributed by atoms with Crippen LogP contribution >= 0.6 is 0 Å². The molecule has 0 saturated heterocycles.